The molecule has 0 aliphatic carbocycles. The number of anilines is 1. The van der Waals surface area contributed by atoms with E-state index in [1.165, 1.54) is 17.0 Å². The highest BCUT2D eigenvalue weighted by atomic mass is 35.5. The van der Waals surface area contributed by atoms with Crippen LogP contribution in [0.5, 0.6) is 5.75 Å². The van der Waals surface area contributed by atoms with E-state index in [1.807, 2.05) is 12.2 Å². The fourth-order valence-electron chi connectivity index (χ4n) is 5.04. The van der Waals surface area contributed by atoms with Gasteiger partial charge in [-0.2, -0.15) is 0 Å². The van der Waals surface area contributed by atoms with Crippen LogP contribution in [0.15, 0.2) is 58.1 Å². The van der Waals surface area contributed by atoms with E-state index in [0.717, 1.165) is 12.8 Å². The van der Waals surface area contributed by atoms with Crippen molar-refractivity contribution in [3.8, 4) is 17.0 Å². The molecule has 0 radical (unpaired) electrons. The van der Waals surface area contributed by atoms with Crippen molar-refractivity contribution in [2.45, 2.75) is 85.5 Å². The van der Waals surface area contributed by atoms with E-state index >= 15 is 0 Å². The number of allylic oxidation sites excluding steroid dienone is 1. The molecule has 0 saturated heterocycles. The lowest BCUT2D eigenvalue weighted by atomic mass is 10.1. The number of fused-ring (bicyclic) bond motifs is 2. The lowest BCUT2D eigenvalue weighted by molar-refractivity contribution is -0.117. The molecule has 1 aromatic heterocycles. The van der Waals surface area contributed by atoms with Crippen LogP contribution in [0, 0.1) is 6.92 Å². The van der Waals surface area contributed by atoms with Crippen molar-refractivity contribution in [3.05, 3.63) is 75.5 Å². The van der Waals surface area contributed by atoms with Crippen molar-refractivity contribution in [3.63, 3.8) is 0 Å². The van der Waals surface area contributed by atoms with E-state index in [4.69, 9.17) is 41.9 Å². The van der Waals surface area contributed by atoms with Gasteiger partial charge in [0.2, 0.25) is 11.9 Å². The predicted octanol–water partition coefficient (Wildman–Crippen LogP) is 8.06. The number of carbonyl (C=O) groups excluding carboxylic acids is 4. The fraction of sp³-hybridized carbons (Fsp3) is 0.421. The molecule has 0 atom stereocenters. The number of hydrogen-bond acceptors (Lipinski definition) is 10. The van der Waals surface area contributed by atoms with Crippen molar-refractivity contribution >= 4 is 58.8 Å². The van der Waals surface area contributed by atoms with Crippen molar-refractivity contribution < 1.29 is 37.9 Å². The number of rotatable bonds is 0. The Morgan fingerprint density at radius 2 is 1.59 bits per heavy atom. The molecular weight excluding hydrogens is 739 g/mol. The number of ether oxygens (including phenoxy) is 3. The van der Waals surface area contributed by atoms with E-state index in [2.05, 4.69) is 26.1 Å². The monoisotopic (exact) mass is 784 g/mol. The molecule has 4 bridgehead atoms. The average molecular weight is 786 g/mol. The summed E-state index contributed by atoms with van der Waals surface area (Å²) in [6.07, 6.45) is 4.48. The van der Waals surface area contributed by atoms with E-state index < -0.39 is 35.2 Å². The minimum Gasteiger partial charge on any atom is -0.490 e. The number of amides is 4. The lowest BCUT2D eigenvalue weighted by Gasteiger charge is -2.27. The zero-order valence-electron chi connectivity index (χ0n) is 31.4. The van der Waals surface area contributed by atoms with Gasteiger partial charge in [0.1, 0.15) is 47.1 Å². The molecule has 290 valence electrons. The van der Waals surface area contributed by atoms with Gasteiger partial charge in [-0.15, -0.1) is 0 Å². The van der Waals surface area contributed by atoms with Gasteiger partial charge in [-0.3, -0.25) is 25.1 Å². The SMILES string of the molecule is Cc1onc2c1C(=O)NC(NC(=O)OC(C)(C)C)=NCc1cc(Cl)c(c(Cl)c1)NC(=O)CN(C(=O)OC(C)(C)C)CCCC/C=C/COc1ccc-2cc1. The second-order valence-electron chi connectivity index (χ2n) is 14.4. The number of guanidine groups is 1. The van der Waals surface area contributed by atoms with Gasteiger partial charge in [-0.1, -0.05) is 40.5 Å². The molecule has 14 nitrogen and oxygen atoms in total. The number of halogens is 2. The van der Waals surface area contributed by atoms with Crippen LogP contribution in [0.25, 0.3) is 11.3 Å². The van der Waals surface area contributed by atoms with E-state index in [9.17, 15) is 19.2 Å². The number of hydrogen-bond donors (Lipinski definition) is 3. The fourth-order valence-corrected chi connectivity index (χ4v) is 5.67. The lowest BCUT2D eigenvalue weighted by Crippen LogP contribution is -2.46. The van der Waals surface area contributed by atoms with Crippen LogP contribution in [-0.2, 0) is 20.8 Å². The number of nitrogens with zero attached hydrogens (tertiary/aromatic N) is 3. The smallest absolute Gasteiger partial charge is 0.414 e. The summed E-state index contributed by atoms with van der Waals surface area (Å²) >= 11 is 13.2. The Morgan fingerprint density at radius 3 is 2.24 bits per heavy atom. The summed E-state index contributed by atoms with van der Waals surface area (Å²) in [5.41, 5.74) is -0.00942. The van der Waals surface area contributed by atoms with Gasteiger partial charge in [0.05, 0.1) is 22.3 Å². The molecule has 16 heteroatoms. The first kappa shape index (κ1) is 41.7. The summed E-state index contributed by atoms with van der Waals surface area (Å²) in [4.78, 5) is 58.5. The van der Waals surface area contributed by atoms with Crippen LogP contribution in [-0.4, -0.2) is 70.9 Å². The van der Waals surface area contributed by atoms with Gasteiger partial charge < -0.3 is 24.1 Å². The van der Waals surface area contributed by atoms with E-state index in [-0.39, 0.29) is 58.3 Å². The van der Waals surface area contributed by atoms with Crippen LogP contribution in [0.1, 0.15) is 82.5 Å². The third-order valence-electron chi connectivity index (χ3n) is 7.40. The van der Waals surface area contributed by atoms with Gasteiger partial charge in [0.25, 0.3) is 5.91 Å². The molecule has 0 unspecified atom stereocenters. The summed E-state index contributed by atoms with van der Waals surface area (Å²) in [6.45, 7) is 12.1. The second kappa shape index (κ2) is 18.3. The summed E-state index contributed by atoms with van der Waals surface area (Å²) in [6, 6.07) is 10.1. The predicted molar refractivity (Wildman–Crippen MR) is 206 cm³/mol. The second-order valence-corrected chi connectivity index (χ2v) is 15.2. The Balaban J connectivity index is 1.67. The van der Waals surface area contributed by atoms with Crippen LogP contribution < -0.4 is 20.7 Å². The van der Waals surface area contributed by atoms with Gasteiger partial charge in [0, 0.05) is 12.1 Å². The zero-order chi connectivity index (χ0) is 39.6. The molecule has 2 aromatic carbocycles. The van der Waals surface area contributed by atoms with Crippen LogP contribution in [0.4, 0.5) is 15.3 Å². The molecule has 4 amide bonds. The summed E-state index contributed by atoms with van der Waals surface area (Å²) in [7, 11) is 0. The standard InChI is InChI=1S/C38H46Cl2N6O8/c1-23-30-31(45-54-23)25-13-15-26(16-14-25)51-18-12-10-8-9-11-17-46(36(50)53-38(5,6)7)22-29(47)42-32-27(39)19-24(20-28(32)40)21-41-34(43-33(30)48)44-35(49)52-37(2,3)4/h10,12-16,19-20H,8-9,11,17-18,21-22H2,1-7H3,(H,42,47)(H2,41,43,44,48,49)/b12-10+. The Labute approximate surface area is 324 Å². The van der Waals surface area contributed by atoms with E-state index in [0.29, 0.717) is 29.9 Å². The maximum Gasteiger partial charge on any atom is 0.414 e. The van der Waals surface area contributed by atoms with Crippen LogP contribution >= 0.6 is 23.2 Å². The highest BCUT2D eigenvalue weighted by molar-refractivity contribution is 6.40. The number of alkyl carbamates (subject to hydrolysis) is 1. The molecule has 3 aliphatic rings. The van der Waals surface area contributed by atoms with Gasteiger partial charge >= 0.3 is 12.2 Å². The highest BCUT2D eigenvalue weighted by Crippen LogP contribution is 2.32. The summed E-state index contributed by atoms with van der Waals surface area (Å²) < 4.78 is 22.2. The third kappa shape index (κ3) is 12.8. The minimum absolute atomic E-state index is 0.0967. The molecule has 0 fully saturated rings. The highest BCUT2D eigenvalue weighted by Gasteiger charge is 2.26. The number of aryl methyl sites for hydroxylation is 1. The van der Waals surface area contributed by atoms with Gasteiger partial charge in [-0.25, -0.2) is 14.6 Å². The summed E-state index contributed by atoms with van der Waals surface area (Å²) in [5.74, 6) is -0.591. The molecular formula is C38H46Cl2N6O8. The normalized spacial score (nSPS) is 15.9. The quantitative estimate of drug-likeness (QED) is 0.191. The maximum atomic E-state index is 13.7. The molecule has 0 saturated carbocycles. The molecule has 3 N–H and O–H groups in total. The molecule has 0 spiro atoms. The zero-order valence-corrected chi connectivity index (χ0v) is 32.9. The van der Waals surface area contributed by atoms with Crippen molar-refractivity contribution in [2.24, 2.45) is 4.99 Å². The Bertz CT molecular complexity index is 1870. The van der Waals surface area contributed by atoms with E-state index in [1.54, 1.807) is 72.7 Å². The number of carbonyl (C=O) groups is 4. The number of benzene rings is 2. The Kier molecular flexibility index (Phi) is 14.1. The van der Waals surface area contributed by atoms with Crippen molar-refractivity contribution in [1.29, 1.82) is 0 Å². The number of aliphatic imine (C=N–C) groups is 1. The average Bonchev–Trinajstić information content (AvgIpc) is 3.45. The Hall–Kier alpha value is -5.08. The van der Waals surface area contributed by atoms with Crippen molar-refractivity contribution in [2.75, 3.05) is 25.0 Å². The third-order valence-corrected chi connectivity index (χ3v) is 8.00. The number of aromatic nitrogens is 1. The minimum atomic E-state index is -0.862. The largest absolute Gasteiger partial charge is 0.490 e. The van der Waals surface area contributed by atoms with Gasteiger partial charge in [-0.05, 0) is 110 Å². The molecule has 4 heterocycles. The van der Waals surface area contributed by atoms with Crippen molar-refractivity contribution in [1.82, 2.24) is 20.7 Å². The molecule has 6 rings (SSSR count). The first-order valence-electron chi connectivity index (χ1n) is 17.3. The topological polar surface area (TPSA) is 174 Å². The molecule has 54 heavy (non-hydrogen) atoms. The summed E-state index contributed by atoms with van der Waals surface area (Å²) in [5, 5.41) is 12.1. The van der Waals surface area contributed by atoms with Gasteiger partial charge in [0.15, 0.2) is 0 Å². The maximum absolute atomic E-state index is 13.7. The first-order chi connectivity index (χ1) is 25.4. The first-order valence-corrected chi connectivity index (χ1v) is 18.1. The Morgan fingerprint density at radius 1 is 0.926 bits per heavy atom. The molecule has 3 aromatic rings. The van der Waals surface area contributed by atoms with Crippen LogP contribution in [0.2, 0.25) is 10.0 Å². The molecule has 3 aliphatic heterocycles. The van der Waals surface area contributed by atoms with Crippen LogP contribution in [0.3, 0.4) is 0 Å². The number of nitrogens with one attached hydrogen (secondary N) is 3.